The van der Waals surface area contributed by atoms with Crippen LogP contribution in [0.5, 0.6) is 11.5 Å². The van der Waals surface area contributed by atoms with Crippen molar-refractivity contribution in [3.8, 4) is 22.6 Å². The molecule has 1 aliphatic carbocycles. The van der Waals surface area contributed by atoms with Crippen LogP contribution in [0.2, 0.25) is 0 Å². The number of carbonyl (C=O) groups excluding carboxylic acids is 1. The van der Waals surface area contributed by atoms with Crippen LogP contribution in [0.25, 0.3) is 17.2 Å². The van der Waals surface area contributed by atoms with Crippen molar-refractivity contribution >= 4 is 12.0 Å². The number of hydrogen-bond donors (Lipinski definition) is 0. The molecule has 0 fully saturated rings. The highest BCUT2D eigenvalue weighted by molar-refractivity contribution is 5.91. The summed E-state index contributed by atoms with van der Waals surface area (Å²) < 4.78 is 151. The summed E-state index contributed by atoms with van der Waals surface area (Å²) in [6, 6.07) is 6.47. The Balaban J connectivity index is 1.39. The van der Waals surface area contributed by atoms with Gasteiger partial charge in [-0.25, -0.2) is 31.1 Å². The van der Waals surface area contributed by atoms with Crippen molar-refractivity contribution in [1.82, 2.24) is 0 Å². The van der Waals surface area contributed by atoms with E-state index in [-0.39, 0.29) is 35.9 Å². The molecule has 13 heteroatoms. The van der Waals surface area contributed by atoms with Gasteiger partial charge in [0.25, 0.3) is 6.08 Å². The smallest absolute Gasteiger partial charge is 0.429 e. The molecule has 0 radical (unpaired) electrons. The zero-order chi connectivity index (χ0) is 32.8. The first kappa shape index (κ1) is 31.6. The van der Waals surface area contributed by atoms with Crippen LogP contribution in [0.1, 0.15) is 39.5 Å². The second kappa shape index (κ2) is 11.9. The number of rotatable bonds is 7. The molecule has 1 unspecified atom stereocenters. The van der Waals surface area contributed by atoms with Crippen LogP contribution in [0.15, 0.2) is 60.7 Å². The van der Waals surface area contributed by atoms with E-state index in [1.807, 2.05) is 6.92 Å². The van der Waals surface area contributed by atoms with Gasteiger partial charge in [-0.2, -0.15) is 17.6 Å². The van der Waals surface area contributed by atoms with Gasteiger partial charge < -0.3 is 9.47 Å². The lowest BCUT2D eigenvalue weighted by Crippen LogP contribution is -2.25. The highest BCUT2D eigenvalue weighted by atomic mass is 19.3. The summed E-state index contributed by atoms with van der Waals surface area (Å²) in [5, 5.41) is 0. The van der Waals surface area contributed by atoms with Gasteiger partial charge in [0, 0.05) is 30.3 Å². The van der Waals surface area contributed by atoms with Gasteiger partial charge in [-0.3, -0.25) is 0 Å². The fourth-order valence-electron chi connectivity index (χ4n) is 5.08. The predicted molar refractivity (Wildman–Crippen MR) is 141 cm³/mol. The summed E-state index contributed by atoms with van der Waals surface area (Å²) >= 11 is 0. The van der Waals surface area contributed by atoms with Gasteiger partial charge >= 0.3 is 12.1 Å². The largest absolute Gasteiger partial charge is 0.432 e. The van der Waals surface area contributed by atoms with E-state index in [2.05, 4.69) is 4.74 Å². The van der Waals surface area contributed by atoms with Gasteiger partial charge in [-0.05, 0) is 59.7 Å². The number of fused-ring (bicyclic) bond motifs is 1. The molecular formula is C32H18F10O3. The Hall–Kier alpha value is -4.81. The molecule has 5 rings (SSSR count). The molecule has 4 aromatic rings. The number of benzene rings is 4. The quantitative estimate of drug-likeness (QED) is 0.115. The van der Waals surface area contributed by atoms with Crippen molar-refractivity contribution < 1.29 is 58.2 Å². The molecule has 3 nitrogen and oxygen atoms in total. The van der Waals surface area contributed by atoms with Crippen LogP contribution >= 0.6 is 0 Å². The highest BCUT2D eigenvalue weighted by Crippen LogP contribution is 2.39. The third-order valence-corrected chi connectivity index (χ3v) is 6.98. The molecular weight excluding hydrogens is 622 g/mol. The van der Waals surface area contributed by atoms with E-state index >= 15 is 0 Å². The van der Waals surface area contributed by atoms with Crippen LogP contribution in [-0.2, 0) is 19.0 Å². The number of halogens is 10. The van der Waals surface area contributed by atoms with Gasteiger partial charge in [0.2, 0.25) is 0 Å². The zero-order valence-corrected chi connectivity index (χ0v) is 22.8. The first-order valence-electron chi connectivity index (χ1n) is 13.0. The average molecular weight is 640 g/mol. The second-order valence-corrected chi connectivity index (χ2v) is 10.3. The molecule has 0 aliphatic heterocycles. The van der Waals surface area contributed by atoms with Crippen LogP contribution in [0.4, 0.5) is 43.9 Å². The number of carbonyl (C=O) groups is 1. The number of esters is 1. The van der Waals surface area contributed by atoms with Crippen LogP contribution in [0, 0.1) is 40.8 Å². The monoisotopic (exact) mass is 640 g/mol. The lowest BCUT2D eigenvalue weighted by molar-refractivity contribution is -0.189. The summed E-state index contributed by atoms with van der Waals surface area (Å²) in [7, 11) is 0. The maximum absolute atomic E-state index is 15.0. The fourth-order valence-corrected chi connectivity index (χ4v) is 5.08. The van der Waals surface area contributed by atoms with Gasteiger partial charge in [0.05, 0.1) is 16.7 Å². The molecule has 4 aromatic carbocycles. The third kappa shape index (κ3) is 6.52. The van der Waals surface area contributed by atoms with Gasteiger partial charge in [-0.1, -0.05) is 13.0 Å². The topological polar surface area (TPSA) is 35.5 Å². The standard InChI is InChI=1S/C32H18F10O3/c1-14-4-15-2-3-16(6-17(15)5-14)31(43)44-19-9-24(35)29(25(36)10-19)18-7-26(37)30(27(38)8-18)32(41,42)45-20-11-22(33)21(13-28(39)40)23(34)12-20/h2-3,6-14H,4-5H2,1H3. The fraction of sp³-hybridized carbons (Fsp3) is 0.156. The van der Waals surface area contributed by atoms with E-state index in [9.17, 15) is 48.7 Å². The highest BCUT2D eigenvalue weighted by Gasteiger charge is 2.42. The molecule has 0 saturated heterocycles. The summed E-state index contributed by atoms with van der Waals surface area (Å²) in [4.78, 5) is 12.6. The molecule has 1 atom stereocenters. The zero-order valence-electron chi connectivity index (χ0n) is 22.8. The minimum Gasteiger partial charge on any atom is -0.429 e. The summed E-state index contributed by atoms with van der Waals surface area (Å²) in [6.45, 7) is 2.04. The number of hydrogen-bond acceptors (Lipinski definition) is 3. The predicted octanol–water partition coefficient (Wildman–Crippen LogP) is 9.51. The molecule has 0 saturated carbocycles. The van der Waals surface area contributed by atoms with E-state index in [1.165, 1.54) is 6.07 Å². The lowest BCUT2D eigenvalue weighted by atomic mass is 10.0. The van der Waals surface area contributed by atoms with Crippen LogP contribution in [0.3, 0.4) is 0 Å². The van der Waals surface area contributed by atoms with Crippen molar-refractivity contribution in [2.45, 2.75) is 25.9 Å². The van der Waals surface area contributed by atoms with Crippen LogP contribution < -0.4 is 9.47 Å². The SMILES string of the molecule is CC1Cc2ccc(C(=O)Oc3cc(F)c(-c4cc(F)c(C(F)(F)Oc5cc(F)c(C=C(F)F)c(F)c5)c(F)c4)c(F)c3)cc2C1. The Bertz CT molecular complexity index is 1800. The molecule has 0 aromatic heterocycles. The van der Waals surface area contributed by atoms with Gasteiger partial charge in [0.15, 0.2) is 0 Å². The summed E-state index contributed by atoms with van der Waals surface area (Å²) in [6.07, 6.45) is -6.08. The Labute approximate surface area is 248 Å². The molecule has 0 amide bonds. The van der Waals surface area contributed by atoms with Crippen molar-refractivity contribution in [2.24, 2.45) is 5.92 Å². The summed E-state index contributed by atoms with van der Waals surface area (Å²) in [5.74, 6) is -13.0. The van der Waals surface area contributed by atoms with E-state index < -0.39 is 86.8 Å². The molecule has 0 N–H and O–H groups in total. The van der Waals surface area contributed by atoms with E-state index in [1.54, 1.807) is 12.1 Å². The maximum Gasteiger partial charge on any atom is 0.432 e. The Morgan fingerprint density at radius 3 is 1.89 bits per heavy atom. The summed E-state index contributed by atoms with van der Waals surface area (Å²) in [5.41, 5.74) is -3.15. The Morgan fingerprint density at radius 2 is 1.31 bits per heavy atom. The Morgan fingerprint density at radius 1 is 0.756 bits per heavy atom. The molecule has 0 spiro atoms. The molecule has 0 heterocycles. The average Bonchev–Trinajstić information content (AvgIpc) is 3.28. The lowest BCUT2D eigenvalue weighted by Gasteiger charge is -2.20. The molecule has 234 valence electrons. The molecule has 1 aliphatic rings. The second-order valence-electron chi connectivity index (χ2n) is 10.3. The van der Waals surface area contributed by atoms with Crippen molar-refractivity contribution in [1.29, 1.82) is 0 Å². The number of ether oxygens (including phenoxy) is 2. The van der Waals surface area contributed by atoms with Crippen LogP contribution in [-0.4, -0.2) is 5.97 Å². The van der Waals surface area contributed by atoms with Crippen molar-refractivity contribution in [3.63, 3.8) is 0 Å². The maximum atomic E-state index is 15.0. The first-order valence-corrected chi connectivity index (χ1v) is 13.0. The van der Waals surface area contributed by atoms with Gasteiger partial charge in [-0.15, -0.1) is 0 Å². The van der Waals surface area contributed by atoms with Gasteiger partial charge in [0.1, 0.15) is 52.0 Å². The molecule has 0 bridgehead atoms. The van der Waals surface area contributed by atoms with Crippen molar-refractivity contribution in [2.75, 3.05) is 0 Å². The third-order valence-electron chi connectivity index (χ3n) is 6.98. The minimum atomic E-state index is -4.95. The molecule has 45 heavy (non-hydrogen) atoms. The normalized spacial score (nSPS) is 14.2. The van der Waals surface area contributed by atoms with E-state index in [0.717, 1.165) is 24.0 Å². The van der Waals surface area contributed by atoms with Crippen molar-refractivity contribution in [3.05, 3.63) is 123 Å². The van der Waals surface area contributed by atoms with E-state index in [4.69, 9.17) is 4.74 Å². The first-order chi connectivity index (χ1) is 21.1. The number of alkyl halides is 2. The van der Waals surface area contributed by atoms with E-state index in [0.29, 0.717) is 18.1 Å². The minimum absolute atomic E-state index is 0.0832. The Kier molecular flexibility index (Phi) is 8.39.